The largest absolute Gasteiger partial charge is 0.462 e. The van der Waals surface area contributed by atoms with E-state index in [9.17, 15) is 19.2 Å². The van der Waals surface area contributed by atoms with Gasteiger partial charge in [-0.3, -0.25) is 19.2 Å². The number of esters is 2. The third-order valence-corrected chi connectivity index (χ3v) is 9.07. The highest BCUT2D eigenvalue weighted by Crippen LogP contribution is 2.71. The Labute approximate surface area is 187 Å². The summed E-state index contributed by atoms with van der Waals surface area (Å²) in [5, 5.41) is 0. The fourth-order valence-corrected chi connectivity index (χ4v) is 7.92. The number of fused-ring (bicyclic) bond motifs is 8. The molecule has 5 rings (SSSR count). The second kappa shape index (κ2) is 6.62. The van der Waals surface area contributed by atoms with Crippen LogP contribution in [0.1, 0.15) is 53.9 Å². The Hall–Kier alpha value is -2.28. The van der Waals surface area contributed by atoms with E-state index in [-0.39, 0.29) is 41.5 Å². The molecule has 0 aromatic carbocycles. The lowest BCUT2D eigenvalue weighted by Crippen LogP contribution is -2.64. The van der Waals surface area contributed by atoms with E-state index in [0.717, 1.165) is 12.0 Å². The van der Waals surface area contributed by atoms with Crippen molar-refractivity contribution in [3.8, 4) is 0 Å². The van der Waals surface area contributed by atoms with Crippen molar-refractivity contribution in [2.24, 2.45) is 28.6 Å². The topological polar surface area (TPSA) is 99.3 Å². The monoisotopic (exact) mass is 442 g/mol. The standard InChI is InChI=1S/C25H30O7/c1-12(26)25(32-14(3)28)9-7-16-19-20(18(30-13(2)27)11-24(16,25)5)23(4)8-6-15(29)10-17(23)21-22(19)31-21/h6,8,10,16,18-22H,7,9,11H2,1-5H3/t16-,18?,19-,20-,21+,22-,23-,24-,25-/m0/s1. The number of allylic oxidation sites excluding steroid dienone is 3. The first-order chi connectivity index (χ1) is 14.9. The van der Waals surface area contributed by atoms with Crippen molar-refractivity contribution >= 4 is 23.5 Å². The summed E-state index contributed by atoms with van der Waals surface area (Å²) in [5.41, 5.74) is -1.46. The van der Waals surface area contributed by atoms with Gasteiger partial charge in [-0.1, -0.05) is 19.9 Å². The van der Waals surface area contributed by atoms with Crippen LogP contribution in [-0.2, 0) is 33.4 Å². The van der Waals surface area contributed by atoms with E-state index in [2.05, 4.69) is 6.92 Å². The number of rotatable bonds is 3. The fraction of sp³-hybridized carbons (Fsp3) is 0.680. The minimum Gasteiger partial charge on any atom is -0.462 e. The van der Waals surface area contributed by atoms with Gasteiger partial charge < -0.3 is 14.2 Å². The number of carbonyl (C=O) groups is 4. The molecule has 1 saturated heterocycles. The molecule has 0 aromatic heterocycles. The van der Waals surface area contributed by atoms with Crippen molar-refractivity contribution in [1.29, 1.82) is 0 Å². The van der Waals surface area contributed by atoms with E-state index in [4.69, 9.17) is 14.2 Å². The van der Waals surface area contributed by atoms with Crippen molar-refractivity contribution < 1.29 is 33.4 Å². The van der Waals surface area contributed by atoms with Gasteiger partial charge in [0.25, 0.3) is 0 Å². The zero-order valence-electron chi connectivity index (χ0n) is 19.2. The van der Waals surface area contributed by atoms with Crippen molar-refractivity contribution in [2.45, 2.75) is 77.8 Å². The second-order valence-electron chi connectivity index (χ2n) is 10.6. The number of Topliss-reactive ketones (excluding diaryl/α,β-unsaturated/α-hetero) is 1. The number of hydrogen-bond acceptors (Lipinski definition) is 7. The molecule has 0 amide bonds. The minimum atomic E-state index is -1.24. The summed E-state index contributed by atoms with van der Waals surface area (Å²) in [6.07, 6.45) is 6.06. The average Bonchev–Trinajstić information content (AvgIpc) is 3.41. The summed E-state index contributed by atoms with van der Waals surface area (Å²) >= 11 is 0. The van der Waals surface area contributed by atoms with E-state index in [1.165, 1.54) is 20.8 Å². The lowest BCUT2D eigenvalue weighted by molar-refractivity contribution is -0.202. The lowest BCUT2D eigenvalue weighted by atomic mass is 9.46. The number of ether oxygens (including phenoxy) is 3. The SMILES string of the molecule is CC(=O)OC1C[C@@]2(C)[C@@H](CC[C@]2(OC(C)=O)C(C)=O)[C@@H]2[C@@H]3O[C@@H]3C3=CC(=O)C=C[C@]3(C)[C@@H]12. The maximum atomic E-state index is 13.0. The van der Waals surface area contributed by atoms with Crippen LogP contribution in [0.3, 0.4) is 0 Å². The maximum Gasteiger partial charge on any atom is 0.303 e. The average molecular weight is 443 g/mol. The molecule has 0 N–H and O–H groups in total. The van der Waals surface area contributed by atoms with Gasteiger partial charge in [0.15, 0.2) is 17.2 Å². The molecule has 1 aliphatic heterocycles. The first-order valence-electron chi connectivity index (χ1n) is 11.4. The number of carbonyl (C=O) groups excluding carboxylic acids is 4. The van der Waals surface area contributed by atoms with E-state index >= 15 is 0 Å². The maximum absolute atomic E-state index is 13.0. The highest BCUT2D eigenvalue weighted by atomic mass is 16.6. The fourth-order valence-electron chi connectivity index (χ4n) is 7.92. The quantitative estimate of drug-likeness (QED) is 0.489. The summed E-state index contributed by atoms with van der Waals surface area (Å²) in [5.74, 6) is -1.12. The van der Waals surface area contributed by atoms with Crippen molar-refractivity contribution in [1.82, 2.24) is 0 Å². The molecule has 4 fully saturated rings. The molecule has 0 bridgehead atoms. The van der Waals surface area contributed by atoms with Gasteiger partial charge in [0.2, 0.25) is 0 Å². The molecule has 0 aromatic rings. The van der Waals surface area contributed by atoms with E-state index < -0.39 is 34.5 Å². The summed E-state index contributed by atoms with van der Waals surface area (Å²) in [7, 11) is 0. The van der Waals surface area contributed by atoms with Crippen molar-refractivity contribution in [2.75, 3.05) is 0 Å². The summed E-state index contributed by atoms with van der Waals surface area (Å²) < 4.78 is 17.9. The summed E-state index contributed by atoms with van der Waals surface area (Å²) in [6, 6.07) is 0. The summed E-state index contributed by atoms with van der Waals surface area (Å²) in [4.78, 5) is 49.4. The number of hydrogen-bond donors (Lipinski definition) is 0. The molecule has 32 heavy (non-hydrogen) atoms. The number of ketones is 2. The molecule has 7 heteroatoms. The Morgan fingerprint density at radius 1 is 1.12 bits per heavy atom. The molecule has 0 radical (unpaired) electrons. The van der Waals surface area contributed by atoms with Crippen molar-refractivity contribution in [3.05, 3.63) is 23.8 Å². The Balaban J connectivity index is 1.65. The third kappa shape index (κ3) is 2.63. The molecule has 3 saturated carbocycles. The Kier molecular flexibility index (Phi) is 4.46. The van der Waals surface area contributed by atoms with Crippen LogP contribution < -0.4 is 0 Å². The molecule has 172 valence electrons. The summed E-state index contributed by atoms with van der Waals surface area (Å²) in [6.45, 7) is 8.31. The highest BCUT2D eigenvalue weighted by molar-refractivity contribution is 6.01. The first-order valence-corrected chi connectivity index (χ1v) is 11.4. The molecule has 1 heterocycles. The molecule has 4 aliphatic carbocycles. The highest BCUT2D eigenvalue weighted by Gasteiger charge is 2.75. The second-order valence-corrected chi connectivity index (χ2v) is 10.6. The van der Waals surface area contributed by atoms with Crippen LogP contribution in [0.25, 0.3) is 0 Å². The molecule has 5 aliphatic rings. The van der Waals surface area contributed by atoms with Crippen LogP contribution in [0.15, 0.2) is 23.8 Å². The van der Waals surface area contributed by atoms with Crippen LogP contribution in [0.5, 0.6) is 0 Å². The number of epoxide rings is 1. The van der Waals surface area contributed by atoms with Crippen LogP contribution in [-0.4, -0.2) is 47.4 Å². The van der Waals surface area contributed by atoms with Crippen molar-refractivity contribution in [3.63, 3.8) is 0 Å². The van der Waals surface area contributed by atoms with Crippen LogP contribution >= 0.6 is 0 Å². The zero-order valence-corrected chi connectivity index (χ0v) is 19.2. The normalized spacial score (nSPS) is 47.9. The van der Waals surface area contributed by atoms with Gasteiger partial charge in [-0.15, -0.1) is 0 Å². The van der Waals surface area contributed by atoms with Crippen LogP contribution in [0.2, 0.25) is 0 Å². The van der Waals surface area contributed by atoms with Gasteiger partial charge in [-0.25, -0.2) is 0 Å². The zero-order chi connectivity index (χ0) is 23.2. The van der Waals surface area contributed by atoms with Gasteiger partial charge in [0.1, 0.15) is 12.2 Å². The lowest BCUT2D eigenvalue weighted by Gasteiger charge is -2.59. The third-order valence-electron chi connectivity index (χ3n) is 9.07. The van der Waals surface area contributed by atoms with E-state index in [1.807, 2.05) is 13.0 Å². The van der Waals surface area contributed by atoms with E-state index in [0.29, 0.717) is 12.8 Å². The van der Waals surface area contributed by atoms with Crippen LogP contribution in [0.4, 0.5) is 0 Å². The molecule has 1 unspecified atom stereocenters. The van der Waals surface area contributed by atoms with Gasteiger partial charge in [-0.2, -0.15) is 0 Å². The Morgan fingerprint density at radius 3 is 2.47 bits per heavy atom. The van der Waals surface area contributed by atoms with E-state index in [1.54, 1.807) is 12.2 Å². The Morgan fingerprint density at radius 2 is 1.84 bits per heavy atom. The molecule has 9 atom stereocenters. The van der Waals surface area contributed by atoms with Gasteiger partial charge >= 0.3 is 11.9 Å². The van der Waals surface area contributed by atoms with Gasteiger partial charge in [-0.05, 0) is 55.7 Å². The predicted molar refractivity (Wildman–Crippen MR) is 112 cm³/mol. The van der Waals surface area contributed by atoms with Crippen LogP contribution in [0, 0.1) is 28.6 Å². The van der Waals surface area contributed by atoms with Gasteiger partial charge in [0.05, 0.1) is 6.10 Å². The smallest absolute Gasteiger partial charge is 0.303 e. The first kappa shape index (κ1) is 21.6. The molecular weight excluding hydrogens is 412 g/mol. The minimum absolute atomic E-state index is 0.0138. The molecule has 7 nitrogen and oxygen atoms in total. The molecule has 0 spiro atoms. The Bertz CT molecular complexity index is 994. The van der Waals surface area contributed by atoms with Gasteiger partial charge in [0, 0.05) is 30.6 Å². The molecular formula is C25H30O7. The predicted octanol–water partition coefficient (Wildman–Crippen LogP) is 2.71.